The second-order valence-corrected chi connectivity index (χ2v) is 5.38. The van der Waals surface area contributed by atoms with E-state index in [4.69, 9.17) is 4.52 Å². The van der Waals surface area contributed by atoms with E-state index in [1.165, 1.54) is 11.3 Å². The van der Waals surface area contributed by atoms with Crippen LogP contribution in [0.3, 0.4) is 0 Å². The number of rotatable bonds is 3. The largest absolute Gasteiger partial charge is 0.481 e. The van der Waals surface area contributed by atoms with Gasteiger partial charge < -0.3 is 9.63 Å². The molecule has 0 spiro atoms. The SMILES string of the molecule is O=C(O)C1CC=CCC1c1nc(-c2cccs2)no1. The van der Waals surface area contributed by atoms with Crippen molar-refractivity contribution in [1.82, 2.24) is 10.1 Å². The molecule has 3 rings (SSSR count). The molecular weight excluding hydrogens is 264 g/mol. The summed E-state index contributed by atoms with van der Waals surface area (Å²) in [7, 11) is 0. The number of hydrogen-bond donors (Lipinski definition) is 1. The number of aromatic nitrogens is 2. The first-order valence-corrected chi connectivity index (χ1v) is 6.89. The maximum absolute atomic E-state index is 11.3. The Bertz CT molecular complexity index is 603. The average molecular weight is 276 g/mol. The number of allylic oxidation sites excluding steroid dienone is 2. The van der Waals surface area contributed by atoms with Gasteiger partial charge in [-0.2, -0.15) is 4.98 Å². The second kappa shape index (κ2) is 4.97. The van der Waals surface area contributed by atoms with Crippen LogP contribution in [0.2, 0.25) is 0 Å². The van der Waals surface area contributed by atoms with Gasteiger partial charge in [-0.3, -0.25) is 4.79 Å². The molecule has 0 saturated heterocycles. The van der Waals surface area contributed by atoms with E-state index in [1.54, 1.807) is 0 Å². The van der Waals surface area contributed by atoms with Crippen LogP contribution in [0.5, 0.6) is 0 Å². The van der Waals surface area contributed by atoms with Gasteiger partial charge in [-0.05, 0) is 24.3 Å². The van der Waals surface area contributed by atoms with E-state index >= 15 is 0 Å². The highest BCUT2D eigenvalue weighted by Crippen LogP contribution is 2.35. The quantitative estimate of drug-likeness (QED) is 0.872. The van der Waals surface area contributed by atoms with E-state index in [9.17, 15) is 9.90 Å². The fourth-order valence-electron chi connectivity index (χ4n) is 2.25. The molecule has 19 heavy (non-hydrogen) atoms. The summed E-state index contributed by atoms with van der Waals surface area (Å²) >= 11 is 1.53. The van der Waals surface area contributed by atoms with Gasteiger partial charge in [0.1, 0.15) is 0 Å². The first-order valence-electron chi connectivity index (χ1n) is 6.01. The molecule has 1 aliphatic rings. The molecule has 0 amide bonds. The maximum atomic E-state index is 11.3. The highest BCUT2D eigenvalue weighted by molar-refractivity contribution is 7.13. The Morgan fingerprint density at radius 1 is 1.42 bits per heavy atom. The Kier molecular flexibility index (Phi) is 3.16. The molecular formula is C13H12N2O3S. The number of carboxylic acid groups (broad SMARTS) is 1. The van der Waals surface area contributed by atoms with Crippen LogP contribution in [-0.4, -0.2) is 21.2 Å². The number of carbonyl (C=O) groups is 1. The first-order chi connectivity index (χ1) is 9.25. The average Bonchev–Trinajstić information content (AvgIpc) is 3.09. The molecule has 0 saturated carbocycles. The number of aliphatic carboxylic acids is 1. The Morgan fingerprint density at radius 3 is 3.00 bits per heavy atom. The minimum absolute atomic E-state index is 0.233. The number of nitrogens with zero attached hydrogens (tertiary/aromatic N) is 2. The molecule has 2 heterocycles. The highest BCUT2D eigenvalue weighted by atomic mass is 32.1. The van der Waals surface area contributed by atoms with Crippen molar-refractivity contribution < 1.29 is 14.4 Å². The summed E-state index contributed by atoms with van der Waals surface area (Å²) in [6.07, 6.45) is 5.00. The zero-order valence-electron chi connectivity index (χ0n) is 10.0. The van der Waals surface area contributed by atoms with Gasteiger partial charge in [0.2, 0.25) is 11.7 Å². The molecule has 0 aromatic carbocycles. The molecule has 5 nitrogen and oxygen atoms in total. The van der Waals surface area contributed by atoms with Crippen LogP contribution in [-0.2, 0) is 4.79 Å². The van der Waals surface area contributed by atoms with Gasteiger partial charge in [-0.15, -0.1) is 11.3 Å². The third kappa shape index (κ3) is 2.31. The molecule has 0 aliphatic heterocycles. The second-order valence-electron chi connectivity index (χ2n) is 4.43. The van der Waals surface area contributed by atoms with Crippen molar-refractivity contribution in [2.75, 3.05) is 0 Å². The summed E-state index contributed by atoms with van der Waals surface area (Å²) in [6.45, 7) is 0. The number of hydrogen-bond acceptors (Lipinski definition) is 5. The minimum atomic E-state index is -0.815. The maximum Gasteiger partial charge on any atom is 0.307 e. The zero-order valence-corrected chi connectivity index (χ0v) is 10.8. The van der Waals surface area contributed by atoms with Gasteiger partial charge in [-0.25, -0.2) is 0 Å². The Hall–Kier alpha value is -1.95. The highest BCUT2D eigenvalue weighted by Gasteiger charge is 2.34. The summed E-state index contributed by atoms with van der Waals surface area (Å²) < 4.78 is 5.26. The molecule has 2 unspecified atom stereocenters. The van der Waals surface area contributed by atoms with E-state index in [0.29, 0.717) is 24.6 Å². The predicted molar refractivity (Wildman–Crippen MR) is 69.9 cm³/mol. The van der Waals surface area contributed by atoms with E-state index < -0.39 is 11.9 Å². The summed E-state index contributed by atoms with van der Waals surface area (Å²) in [5.74, 6) is -0.584. The lowest BCUT2D eigenvalue weighted by atomic mass is 9.83. The summed E-state index contributed by atoms with van der Waals surface area (Å²) in [6, 6.07) is 3.83. The lowest BCUT2D eigenvalue weighted by Gasteiger charge is -2.21. The Labute approximate surface area is 113 Å². The third-order valence-corrected chi connectivity index (χ3v) is 4.12. The first kappa shape index (κ1) is 12.1. The van der Waals surface area contributed by atoms with E-state index in [2.05, 4.69) is 10.1 Å². The fraction of sp³-hybridized carbons (Fsp3) is 0.308. The monoisotopic (exact) mass is 276 g/mol. The summed E-state index contributed by atoms with van der Waals surface area (Å²) in [5, 5.41) is 15.1. The van der Waals surface area contributed by atoms with Crippen LogP contribution < -0.4 is 0 Å². The molecule has 2 atom stereocenters. The van der Waals surface area contributed by atoms with Crippen molar-refractivity contribution in [2.45, 2.75) is 18.8 Å². The van der Waals surface area contributed by atoms with Crippen molar-refractivity contribution in [2.24, 2.45) is 5.92 Å². The standard InChI is InChI=1S/C13H12N2O3S/c16-13(17)9-5-2-1-4-8(9)12-14-11(15-18-12)10-6-3-7-19-10/h1-3,6-9H,4-5H2,(H,16,17). The molecule has 0 radical (unpaired) electrons. The van der Waals surface area contributed by atoms with Gasteiger partial charge in [-0.1, -0.05) is 23.4 Å². The Morgan fingerprint density at radius 2 is 2.26 bits per heavy atom. The van der Waals surface area contributed by atoms with Crippen molar-refractivity contribution >= 4 is 17.3 Å². The topological polar surface area (TPSA) is 76.2 Å². The van der Waals surface area contributed by atoms with Crippen LogP contribution in [0, 0.1) is 5.92 Å². The lowest BCUT2D eigenvalue weighted by Crippen LogP contribution is -2.23. The third-order valence-electron chi connectivity index (χ3n) is 3.25. The lowest BCUT2D eigenvalue weighted by molar-refractivity contribution is -0.142. The van der Waals surface area contributed by atoms with E-state index in [-0.39, 0.29) is 5.92 Å². The van der Waals surface area contributed by atoms with Crippen molar-refractivity contribution in [3.63, 3.8) is 0 Å². The number of carboxylic acids is 1. The molecule has 0 fully saturated rings. The molecule has 1 aliphatic carbocycles. The van der Waals surface area contributed by atoms with Crippen LogP contribution in [0.25, 0.3) is 10.7 Å². The molecule has 6 heteroatoms. The van der Waals surface area contributed by atoms with Gasteiger partial charge in [0, 0.05) is 0 Å². The zero-order chi connectivity index (χ0) is 13.2. The Balaban J connectivity index is 1.89. The van der Waals surface area contributed by atoms with Gasteiger partial charge >= 0.3 is 5.97 Å². The van der Waals surface area contributed by atoms with Crippen LogP contribution in [0.1, 0.15) is 24.7 Å². The minimum Gasteiger partial charge on any atom is -0.481 e. The van der Waals surface area contributed by atoms with Gasteiger partial charge in [0.05, 0.1) is 16.7 Å². The van der Waals surface area contributed by atoms with Crippen LogP contribution in [0.15, 0.2) is 34.2 Å². The molecule has 98 valence electrons. The normalized spacial score (nSPS) is 22.5. The van der Waals surface area contributed by atoms with Crippen molar-refractivity contribution in [1.29, 1.82) is 0 Å². The summed E-state index contributed by atoms with van der Waals surface area (Å²) in [4.78, 5) is 16.5. The molecule has 1 N–H and O–H groups in total. The smallest absolute Gasteiger partial charge is 0.307 e. The summed E-state index contributed by atoms with van der Waals surface area (Å²) in [5.41, 5.74) is 0. The van der Waals surface area contributed by atoms with Crippen molar-refractivity contribution in [3.05, 3.63) is 35.6 Å². The van der Waals surface area contributed by atoms with Gasteiger partial charge in [0.15, 0.2) is 0 Å². The predicted octanol–water partition coefficient (Wildman–Crippen LogP) is 2.93. The van der Waals surface area contributed by atoms with Crippen molar-refractivity contribution in [3.8, 4) is 10.7 Å². The van der Waals surface area contributed by atoms with E-state index in [0.717, 1.165) is 4.88 Å². The van der Waals surface area contributed by atoms with Gasteiger partial charge in [0.25, 0.3) is 0 Å². The number of thiophene rings is 1. The fourth-order valence-corrected chi connectivity index (χ4v) is 2.90. The molecule has 2 aromatic heterocycles. The van der Waals surface area contributed by atoms with Crippen LogP contribution in [0.4, 0.5) is 0 Å². The molecule has 0 bridgehead atoms. The molecule has 2 aromatic rings. The van der Waals surface area contributed by atoms with E-state index in [1.807, 2.05) is 29.7 Å². The van der Waals surface area contributed by atoms with Crippen LogP contribution >= 0.6 is 11.3 Å².